The molecular formula is C13H14O4. The molecule has 1 aromatic carbocycles. The van der Waals surface area contributed by atoms with Crippen molar-refractivity contribution in [1.29, 1.82) is 0 Å². The number of esters is 1. The number of hydrogen-bond donors (Lipinski definition) is 1. The topological polar surface area (TPSA) is 55.8 Å². The van der Waals surface area contributed by atoms with Crippen LogP contribution in [0.1, 0.15) is 22.8 Å². The van der Waals surface area contributed by atoms with Gasteiger partial charge in [0.05, 0.1) is 14.2 Å². The molecule has 0 aliphatic heterocycles. The molecule has 0 fully saturated rings. The highest BCUT2D eigenvalue weighted by atomic mass is 16.5. The molecule has 1 aromatic rings. The Balaban J connectivity index is 3.14. The van der Waals surface area contributed by atoms with Crippen LogP contribution in [0.25, 0.3) is 0 Å². The third-order valence-electron chi connectivity index (χ3n) is 2.03. The number of carbonyl (C=O) groups is 1. The fourth-order valence-corrected chi connectivity index (χ4v) is 1.24. The summed E-state index contributed by atoms with van der Waals surface area (Å²) in [4.78, 5) is 11.5. The zero-order chi connectivity index (χ0) is 12.8. The Labute approximate surface area is 100 Å². The molecule has 0 aliphatic carbocycles. The predicted molar refractivity (Wildman–Crippen MR) is 62.9 cm³/mol. The average Bonchev–Trinajstić information content (AvgIpc) is 2.34. The minimum atomic E-state index is -0.710. The van der Waals surface area contributed by atoms with E-state index in [-0.39, 0.29) is 0 Å². The standard InChI is InChI=1S/C13H14O4/c1-9(14)4-5-10-6-7-12(16-2)11(8-10)13(15)17-3/h6-9,14H,1-3H3/t9-/m0/s1. The normalized spacial score (nSPS) is 11.1. The summed E-state index contributed by atoms with van der Waals surface area (Å²) in [7, 11) is 2.78. The lowest BCUT2D eigenvalue weighted by molar-refractivity contribution is 0.0597. The van der Waals surface area contributed by atoms with Gasteiger partial charge in [-0.3, -0.25) is 0 Å². The third kappa shape index (κ3) is 3.51. The van der Waals surface area contributed by atoms with Crippen molar-refractivity contribution in [3.05, 3.63) is 29.3 Å². The van der Waals surface area contributed by atoms with E-state index in [2.05, 4.69) is 16.6 Å². The molecule has 4 heteroatoms. The van der Waals surface area contributed by atoms with Crippen molar-refractivity contribution < 1.29 is 19.4 Å². The molecule has 90 valence electrons. The number of aliphatic hydroxyl groups is 1. The fourth-order valence-electron chi connectivity index (χ4n) is 1.24. The van der Waals surface area contributed by atoms with Crippen molar-refractivity contribution >= 4 is 5.97 Å². The first kappa shape index (κ1) is 13.1. The van der Waals surface area contributed by atoms with Gasteiger partial charge < -0.3 is 14.6 Å². The zero-order valence-corrected chi connectivity index (χ0v) is 9.98. The number of carbonyl (C=O) groups excluding carboxylic acids is 1. The number of rotatable bonds is 2. The number of ether oxygens (including phenoxy) is 2. The van der Waals surface area contributed by atoms with Crippen LogP contribution in [0.5, 0.6) is 5.75 Å². The SMILES string of the molecule is COC(=O)c1cc(C#C[C@H](C)O)ccc1OC. The fraction of sp³-hybridized carbons (Fsp3) is 0.308. The Hall–Kier alpha value is -1.99. The maximum Gasteiger partial charge on any atom is 0.341 e. The van der Waals surface area contributed by atoms with Gasteiger partial charge in [0.2, 0.25) is 0 Å². The largest absolute Gasteiger partial charge is 0.496 e. The van der Waals surface area contributed by atoms with Crippen molar-refractivity contribution in [1.82, 2.24) is 0 Å². The van der Waals surface area contributed by atoms with Crippen LogP contribution >= 0.6 is 0 Å². The Morgan fingerprint density at radius 3 is 2.65 bits per heavy atom. The first-order chi connectivity index (χ1) is 8.08. The predicted octanol–water partition coefficient (Wildman–Crippen LogP) is 1.21. The Morgan fingerprint density at radius 2 is 2.12 bits per heavy atom. The molecule has 0 spiro atoms. The first-order valence-corrected chi connectivity index (χ1v) is 5.04. The number of benzene rings is 1. The van der Waals surface area contributed by atoms with Crippen LogP contribution in [0.3, 0.4) is 0 Å². The molecule has 0 amide bonds. The van der Waals surface area contributed by atoms with E-state index < -0.39 is 12.1 Å². The first-order valence-electron chi connectivity index (χ1n) is 5.04. The van der Waals surface area contributed by atoms with Gasteiger partial charge in [-0.1, -0.05) is 11.8 Å². The van der Waals surface area contributed by atoms with Crippen LogP contribution in [-0.4, -0.2) is 31.4 Å². The van der Waals surface area contributed by atoms with Crippen molar-refractivity contribution in [3.8, 4) is 17.6 Å². The maximum atomic E-state index is 11.5. The highest BCUT2D eigenvalue weighted by molar-refractivity contribution is 5.92. The third-order valence-corrected chi connectivity index (χ3v) is 2.03. The van der Waals surface area contributed by atoms with Crippen molar-refractivity contribution in [2.24, 2.45) is 0 Å². The van der Waals surface area contributed by atoms with Crippen LogP contribution in [-0.2, 0) is 4.74 Å². The molecule has 0 radical (unpaired) electrons. The lowest BCUT2D eigenvalue weighted by Gasteiger charge is -2.06. The van der Waals surface area contributed by atoms with Gasteiger partial charge in [0.1, 0.15) is 17.4 Å². The molecule has 0 aliphatic rings. The van der Waals surface area contributed by atoms with Gasteiger partial charge in [-0.25, -0.2) is 4.79 Å². The van der Waals surface area contributed by atoms with Gasteiger partial charge in [0.25, 0.3) is 0 Å². The van der Waals surface area contributed by atoms with Gasteiger partial charge in [-0.2, -0.15) is 0 Å². The van der Waals surface area contributed by atoms with Crippen molar-refractivity contribution in [2.45, 2.75) is 13.0 Å². The lowest BCUT2D eigenvalue weighted by atomic mass is 10.1. The van der Waals surface area contributed by atoms with E-state index in [4.69, 9.17) is 9.84 Å². The van der Waals surface area contributed by atoms with Crippen LogP contribution in [0.2, 0.25) is 0 Å². The summed E-state index contributed by atoms with van der Waals surface area (Å²) in [5.41, 5.74) is 0.930. The van der Waals surface area contributed by atoms with E-state index in [0.717, 1.165) is 0 Å². The summed E-state index contributed by atoms with van der Waals surface area (Å²) in [5.74, 6) is 5.29. The summed E-state index contributed by atoms with van der Waals surface area (Å²) < 4.78 is 9.69. The summed E-state index contributed by atoms with van der Waals surface area (Å²) in [5, 5.41) is 9.05. The van der Waals surface area contributed by atoms with Crippen molar-refractivity contribution in [3.63, 3.8) is 0 Å². The number of aliphatic hydroxyl groups excluding tert-OH is 1. The molecular weight excluding hydrogens is 220 g/mol. The van der Waals surface area contributed by atoms with Gasteiger partial charge in [0, 0.05) is 5.56 Å². The van der Waals surface area contributed by atoms with Crippen LogP contribution in [0.4, 0.5) is 0 Å². The maximum absolute atomic E-state index is 11.5. The number of hydrogen-bond acceptors (Lipinski definition) is 4. The summed E-state index contributed by atoms with van der Waals surface area (Å²) in [6.07, 6.45) is -0.710. The molecule has 0 saturated heterocycles. The molecule has 17 heavy (non-hydrogen) atoms. The highest BCUT2D eigenvalue weighted by Crippen LogP contribution is 2.20. The highest BCUT2D eigenvalue weighted by Gasteiger charge is 2.12. The van der Waals surface area contributed by atoms with E-state index in [9.17, 15) is 4.79 Å². The molecule has 4 nitrogen and oxygen atoms in total. The second kappa shape index (κ2) is 5.92. The van der Waals surface area contributed by atoms with E-state index >= 15 is 0 Å². The second-order valence-corrected chi connectivity index (χ2v) is 3.35. The van der Waals surface area contributed by atoms with E-state index in [1.54, 1.807) is 25.1 Å². The zero-order valence-electron chi connectivity index (χ0n) is 9.98. The Morgan fingerprint density at radius 1 is 1.41 bits per heavy atom. The van der Waals surface area contributed by atoms with Crippen LogP contribution < -0.4 is 4.74 Å². The quantitative estimate of drug-likeness (QED) is 0.617. The molecule has 0 saturated carbocycles. The van der Waals surface area contributed by atoms with Crippen LogP contribution in [0.15, 0.2) is 18.2 Å². The number of methoxy groups -OCH3 is 2. The molecule has 1 atom stereocenters. The lowest BCUT2D eigenvalue weighted by Crippen LogP contribution is -2.04. The molecule has 1 rings (SSSR count). The van der Waals surface area contributed by atoms with E-state index in [1.165, 1.54) is 14.2 Å². The van der Waals surface area contributed by atoms with Gasteiger partial charge in [0.15, 0.2) is 0 Å². The summed E-state index contributed by atoms with van der Waals surface area (Å²) in [6, 6.07) is 4.92. The van der Waals surface area contributed by atoms with Crippen molar-refractivity contribution in [2.75, 3.05) is 14.2 Å². The van der Waals surface area contributed by atoms with E-state index in [1.807, 2.05) is 0 Å². The van der Waals surface area contributed by atoms with Gasteiger partial charge >= 0.3 is 5.97 Å². The molecule has 0 heterocycles. The molecule has 0 bridgehead atoms. The molecule has 1 N–H and O–H groups in total. The molecule has 0 unspecified atom stereocenters. The minimum absolute atomic E-state index is 0.312. The monoisotopic (exact) mass is 234 g/mol. The van der Waals surface area contributed by atoms with Gasteiger partial charge in [-0.05, 0) is 25.1 Å². The smallest absolute Gasteiger partial charge is 0.341 e. The Bertz CT molecular complexity index is 466. The molecule has 0 aromatic heterocycles. The summed E-state index contributed by atoms with van der Waals surface area (Å²) in [6.45, 7) is 1.57. The second-order valence-electron chi connectivity index (χ2n) is 3.35. The Kier molecular flexibility index (Phi) is 4.56. The van der Waals surface area contributed by atoms with E-state index in [0.29, 0.717) is 16.9 Å². The summed E-state index contributed by atoms with van der Waals surface area (Å²) >= 11 is 0. The van der Waals surface area contributed by atoms with Gasteiger partial charge in [-0.15, -0.1) is 0 Å². The minimum Gasteiger partial charge on any atom is -0.496 e. The average molecular weight is 234 g/mol. The van der Waals surface area contributed by atoms with Crippen LogP contribution in [0, 0.1) is 11.8 Å².